The highest BCUT2D eigenvalue weighted by atomic mass is 32.2. The Morgan fingerprint density at radius 2 is 1.11 bits per heavy atom. The maximum atomic E-state index is 9.32. The van der Waals surface area contributed by atoms with E-state index in [0.717, 1.165) is 0 Å². The monoisotopic (exact) mass is 175 g/mol. The first kappa shape index (κ1) is 9.26. The Labute approximate surface area is 49.8 Å². The summed E-state index contributed by atoms with van der Waals surface area (Å²) in [7, 11) is -11.4. The topological polar surface area (TPSA) is 136 Å². The van der Waals surface area contributed by atoms with E-state index in [1.54, 1.807) is 0 Å². The lowest BCUT2D eigenvalue weighted by Crippen LogP contribution is -2.23. The standard InChI is InChI=1S/H4O7P2/c1-8(2,3)7-9(4,5)6/h(H2,1,2,3)(H2,4,5,6)/p-4/i8+1. The number of hydrogen-bond donors (Lipinski definition) is 0. The van der Waals surface area contributed by atoms with E-state index in [1.165, 1.54) is 0 Å². The molecule has 0 aromatic rings. The van der Waals surface area contributed by atoms with E-state index in [-0.39, 0.29) is 0 Å². The van der Waals surface area contributed by atoms with Crippen LogP contribution in [-0.2, 0) is 13.4 Å². The fraction of sp³-hybridized carbons (Fsp3) is 0. The van der Waals surface area contributed by atoms with Crippen LogP contribution in [-0.4, -0.2) is 0 Å². The quantitative estimate of drug-likeness (QED) is 0.400. The summed E-state index contributed by atoms with van der Waals surface area (Å²) < 4.78 is 21.2. The fourth-order valence-electron chi connectivity index (χ4n) is 0.122. The van der Waals surface area contributed by atoms with Gasteiger partial charge in [-0.1, -0.05) is 0 Å². The molecule has 9 heavy (non-hydrogen) atoms. The Balaban J connectivity index is 4.07. The van der Waals surface area contributed by atoms with Crippen LogP contribution in [0.3, 0.4) is 0 Å². The average molecular weight is 175 g/mol. The van der Waals surface area contributed by atoms with Crippen molar-refractivity contribution in [2.24, 2.45) is 0 Å². The van der Waals surface area contributed by atoms with E-state index in [9.17, 15) is 28.7 Å². The van der Waals surface area contributed by atoms with Crippen LogP contribution in [0.25, 0.3) is 0 Å². The summed E-state index contributed by atoms with van der Waals surface area (Å²) in [5.41, 5.74) is 0. The molecule has 0 aliphatic heterocycles. The van der Waals surface area contributed by atoms with Crippen molar-refractivity contribution in [3.63, 3.8) is 0 Å². The van der Waals surface area contributed by atoms with Crippen LogP contribution in [0.4, 0.5) is 0 Å². The van der Waals surface area contributed by atoms with E-state index in [1.807, 2.05) is 0 Å². The summed E-state index contributed by atoms with van der Waals surface area (Å²) in [6.45, 7) is 0. The van der Waals surface area contributed by atoms with Gasteiger partial charge < -0.3 is 33.0 Å². The summed E-state index contributed by atoms with van der Waals surface area (Å²) in [6.07, 6.45) is 0. The highest BCUT2D eigenvalue weighted by molar-refractivity contribution is 7.57. The Morgan fingerprint density at radius 3 is 1.11 bits per heavy atom. The van der Waals surface area contributed by atoms with Gasteiger partial charge in [-0.3, -0.25) is 0 Å². The molecule has 0 rings (SSSR count). The molecule has 0 radical (unpaired) electrons. The molecule has 0 saturated heterocycles. The Kier molecular flexibility index (Phi) is 2.55. The Hall–Kier alpha value is 0.260. The average Bonchev–Trinajstić information content (AvgIpc) is 1.14. The highest BCUT2D eigenvalue weighted by Crippen LogP contribution is 2.42. The van der Waals surface area contributed by atoms with Crippen LogP contribution in [0.15, 0.2) is 0 Å². The van der Waals surface area contributed by atoms with Crippen molar-refractivity contribution in [3.05, 3.63) is 0 Å². The van der Waals surface area contributed by atoms with E-state index < -0.39 is 15.6 Å². The van der Waals surface area contributed by atoms with Gasteiger partial charge in [0.25, 0.3) is 0 Å². The van der Waals surface area contributed by atoms with Crippen LogP contribution < -0.4 is 19.6 Å². The van der Waals surface area contributed by atoms with E-state index in [4.69, 9.17) is 0 Å². The highest BCUT2D eigenvalue weighted by Gasteiger charge is 1.92. The molecule has 0 aromatic carbocycles. The molecule has 0 fully saturated rings. The summed E-state index contributed by atoms with van der Waals surface area (Å²) in [4.78, 5) is 37.3. The van der Waals surface area contributed by atoms with Gasteiger partial charge in [0.05, 0.1) is 15.6 Å². The first-order chi connectivity index (χ1) is 3.71. The second-order valence-electron chi connectivity index (χ2n) is 0.976. The minimum absolute atomic E-state index is 2.51. The van der Waals surface area contributed by atoms with Crippen molar-refractivity contribution in [1.82, 2.24) is 0 Å². The van der Waals surface area contributed by atoms with Crippen LogP contribution in [0.1, 0.15) is 0 Å². The molecule has 0 N–H and O–H groups in total. The molecule has 0 heterocycles. The van der Waals surface area contributed by atoms with Gasteiger partial charge in [-0.2, -0.15) is 0 Å². The minimum Gasteiger partial charge on any atom is -0.790 e. The van der Waals surface area contributed by atoms with Crippen molar-refractivity contribution in [2.75, 3.05) is 0 Å². The maximum Gasteiger partial charge on any atom is 0.0655 e. The lowest BCUT2D eigenvalue weighted by atomic mass is 15.7. The molecular weight excluding hydrogens is 175 g/mol. The van der Waals surface area contributed by atoms with Gasteiger partial charge in [-0.15, -0.1) is 0 Å². The number of hydrogen-bond acceptors (Lipinski definition) is 7. The molecule has 0 spiro atoms. The molecule has 0 bridgehead atoms. The van der Waals surface area contributed by atoms with Crippen LogP contribution in [0.2, 0.25) is 0 Å². The molecule has 0 amide bonds. The summed E-state index contributed by atoms with van der Waals surface area (Å²) in [6, 6.07) is 0. The van der Waals surface area contributed by atoms with E-state index in [0.29, 0.717) is 0 Å². The lowest BCUT2D eigenvalue weighted by Gasteiger charge is -2.39. The molecule has 0 aliphatic rings. The molecule has 0 atom stereocenters. The molecule has 7 nitrogen and oxygen atoms in total. The largest absolute Gasteiger partial charge is 0.790 e. The minimum atomic E-state index is -5.68. The van der Waals surface area contributed by atoms with Gasteiger partial charge in [0.1, 0.15) is 0 Å². The van der Waals surface area contributed by atoms with Crippen LogP contribution in [0.5, 0.6) is 0 Å². The van der Waals surface area contributed by atoms with Crippen molar-refractivity contribution in [2.45, 2.75) is 0 Å². The van der Waals surface area contributed by atoms with Gasteiger partial charge in [0.15, 0.2) is 0 Å². The van der Waals surface area contributed by atoms with Crippen LogP contribution >= 0.6 is 15.6 Å². The van der Waals surface area contributed by atoms with Crippen molar-refractivity contribution >= 4 is 15.6 Å². The first-order valence-electron chi connectivity index (χ1n) is 1.46. The van der Waals surface area contributed by atoms with Gasteiger partial charge in [0, 0.05) is 0 Å². The number of phosphoric acid groups is 2. The zero-order chi connectivity index (χ0) is 7.71. The lowest BCUT2D eigenvalue weighted by molar-refractivity contribution is -0.364. The van der Waals surface area contributed by atoms with Crippen LogP contribution in [0, 0.1) is 0 Å². The maximum absolute atomic E-state index is 9.32. The Morgan fingerprint density at radius 1 is 0.889 bits per heavy atom. The zero-order valence-corrected chi connectivity index (χ0v) is 5.54. The molecule has 56 valence electrons. The third-order valence-corrected chi connectivity index (χ3v) is 1.80. The molecule has 0 aromatic heterocycles. The van der Waals surface area contributed by atoms with E-state index in [2.05, 4.69) is 4.31 Å². The zero-order valence-electron chi connectivity index (χ0n) is 3.75. The smallest absolute Gasteiger partial charge is 0.0655 e. The number of rotatable bonds is 2. The summed E-state index contributed by atoms with van der Waals surface area (Å²) in [5, 5.41) is 0. The van der Waals surface area contributed by atoms with Crippen molar-refractivity contribution in [3.8, 4) is 0 Å². The third kappa shape index (κ3) is 8.26. The second kappa shape index (κ2) is 2.48. The molecule has 9 heteroatoms. The first-order valence-corrected chi connectivity index (χ1v) is 4.38. The van der Waals surface area contributed by atoms with Crippen molar-refractivity contribution < 1.29 is 33.0 Å². The summed E-state index contributed by atoms with van der Waals surface area (Å²) >= 11 is 0. The van der Waals surface area contributed by atoms with Gasteiger partial charge in [0.2, 0.25) is 0 Å². The molecule has 0 aliphatic carbocycles. The van der Waals surface area contributed by atoms with Crippen molar-refractivity contribution in [1.29, 1.82) is 0 Å². The Bertz CT molecular complexity index is 147. The molecular formula is O7P2-4. The SMILES string of the molecule is O=P([O-])([O-])O[32P](=O)([O-])[O-]. The fourth-order valence-corrected chi connectivity index (χ4v) is 1.10. The van der Waals surface area contributed by atoms with Gasteiger partial charge in [-0.05, 0) is 0 Å². The normalized spacial score (nSPS) is 13.8. The second-order valence-corrected chi connectivity index (χ2v) is 3.42. The predicted molar refractivity (Wildman–Crippen MR) is 16.3 cm³/mol. The molecule has 0 saturated carbocycles. The summed E-state index contributed by atoms with van der Waals surface area (Å²) in [5.74, 6) is 0. The molecule has 0 unspecified atom stereocenters. The van der Waals surface area contributed by atoms with Gasteiger partial charge in [-0.25, -0.2) is 0 Å². The third-order valence-electron chi connectivity index (χ3n) is 0.200. The van der Waals surface area contributed by atoms with E-state index >= 15 is 0 Å². The van der Waals surface area contributed by atoms with Gasteiger partial charge >= 0.3 is 0 Å². The predicted octanol–water partition coefficient (Wildman–Crippen LogP) is -3.34.